The molecular formula is C25H33N3O4. The molecule has 172 valence electrons. The molecule has 2 atom stereocenters. The van der Waals surface area contributed by atoms with Crippen molar-refractivity contribution in [3.8, 4) is 11.5 Å². The van der Waals surface area contributed by atoms with Crippen molar-refractivity contribution >= 4 is 5.91 Å². The number of rotatable bonds is 8. The van der Waals surface area contributed by atoms with Gasteiger partial charge in [0, 0.05) is 31.9 Å². The number of aromatic nitrogens is 1. The lowest BCUT2D eigenvalue weighted by atomic mass is 9.95. The first kappa shape index (κ1) is 22.6. The molecule has 1 saturated heterocycles. The van der Waals surface area contributed by atoms with Crippen molar-refractivity contribution < 1.29 is 19.0 Å². The van der Waals surface area contributed by atoms with Crippen LogP contribution < -0.4 is 14.8 Å². The number of nitrogens with one attached hydrogen (secondary N) is 1. The highest BCUT2D eigenvalue weighted by Crippen LogP contribution is 2.34. The average Bonchev–Trinajstić information content (AvgIpc) is 3.10. The Morgan fingerprint density at radius 1 is 1.19 bits per heavy atom. The molecule has 3 heterocycles. The normalized spacial score (nSPS) is 19.5. The number of benzene rings is 1. The number of ether oxygens (including phenoxy) is 3. The number of hydrogen-bond donors (Lipinski definition) is 1. The lowest BCUT2D eigenvalue weighted by Gasteiger charge is -2.25. The molecule has 1 aromatic carbocycles. The summed E-state index contributed by atoms with van der Waals surface area (Å²) in [5, 5.41) is 3.23. The fourth-order valence-corrected chi connectivity index (χ4v) is 4.20. The van der Waals surface area contributed by atoms with E-state index in [-0.39, 0.29) is 24.0 Å². The van der Waals surface area contributed by atoms with Crippen LogP contribution in [0.2, 0.25) is 0 Å². The Kier molecular flexibility index (Phi) is 7.60. The summed E-state index contributed by atoms with van der Waals surface area (Å²) in [6.07, 6.45) is 5.51. The summed E-state index contributed by atoms with van der Waals surface area (Å²) in [5.41, 5.74) is 2.16. The molecule has 0 saturated carbocycles. The summed E-state index contributed by atoms with van der Waals surface area (Å²) in [6, 6.07) is 9.82. The highest BCUT2D eigenvalue weighted by Gasteiger charge is 2.27. The number of hydrogen-bond acceptors (Lipinski definition) is 6. The van der Waals surface area contributed by atoms with Crippen LogP contribution in [0.3, 0.4) is 0 Å². The first-order valence-electron chi connectivity index (χ1n) is 11.5. The van der Waals surface area contributed by atoms with Crippen LogP contribution >= 0.6 is 0 Å². The van der Waals surface area contributed by atoms with E-state index in [1.54, 1.807) is 12.4 Å². The third-order valence-corrected chi connectivity index (χ3v) is 5.95. The maximum absolute atomic E-state index is 12.9. The van der Waals surface area contributed by atoms with Gasteiger partial charge in [-0.25, -0.2) is 0 Å². The first-order chi connectivity index (χ1) is 15.6. The molecule has 7 heteroatoms. The quantitative estimate of drug-likeness (QED) is 0.680. The first-order valence-corrected chi connectivity index (χ1v) is 11.5. The summed E-state index contributed by atoms with van der Waals surface area (Å²) in [5.74, 6) is 1.81. The fourth-order valence-electron chi connectivity index (χ4n) is 4.20. The van der Waals surface area contributed by atoms with Gasteiger partial charge in [0.2, 0.25) is 5.91 Å². The Labute approximate surface area is 190 Å². The van der Waals surface area contributed by atoms with Gasteiger partial charge in [-0.2, -0.15) is 0 Å². The number of likely N-dealkylation sites (tertiary alicyclic amines) is 1. The van der Waals surface area contributed by atoms with E-state index in [1.807, 2.05) is 30.3 Å². The molecule has 0 spiro atoms. The van der Waals surface area contributed by atoms with Gasteiger partial charge >= 0.3 is 0 Å². The largest absolute Gasteiger partial charge is 0.490 e. The van der Waals surface area contributed by atoms with E-state index in [0.29, 0.717) is 26.4 Å². The van der Waals surface area contributed by atoms with Gasteiger partial charge in [-0.05, 0) is 47.7 Å². The van der Waals surface area contributed by atoms with Gasteiger partial charge in [-0.3, -0.25) is 14.7 Å². The lowest BCUT2D eigenvalue weighted by Crippen LogP contribution is -2.39. The molecule has 1 fully saturated rings. The molecule has 32 heavy (non-hydrogen) atoms. The van der Waals surface area contributed by atoms with Crippen LogP contribution in [0.1, 0.15) is 43.9 Å². The number of nitrogens with zero attached hydrogens (tertiary/aromatic N) is 2. The van der Waals surface area contributed by atoms with Crippen molar-refractivity contribution in [3.05, 3.63) is 53.9 Å². The van der Waals surface area contributed by atoms with Crippen LogP contribution in [0, 0.1) is 5.92 Å². The Hall–Kier alpha value is -2.64. The van der Waals surface area contributed by atoms with Crippen molar-refractivity contribution in [2.24, 2.45) is 5.92 Å². The summed E-state index contributed by atoms with van der Waals surface area (Å²) in [6.45, 7) is 8.14. The molecule has 7 nitrogen and oxygen atoms in total. The zero-order valence-corrected chi connectivity index (χ0v) is 19.0. The molecule has 2 aliphatic heterocycles. The molecule has 2 aromatic rings. The maximum atomic E-state index is 12.9. The number of amides is 1. The average molecular weight is 440 g/mol. The van der Waals surface area contributed by atoms with E-state index in [0.717, 1.165) is 48.6 Å². The van der Waals surface area contributed by atoms with E-state index in [2.05, 4.69) is 29.0 Å². The summed E-state index contributed by atoms with van der Waals surface area (Å²) < 4.78 is 17.6. The fraction of sp³-hybridized carbons (Fsp3) is 0.520. The van der Waals surface area contributed by atoms with Crippen molar-refractivity contribution in [2.45, 2.75) is 45.4 Å². The van der Waals surface area contributed by atoms with Crippen molar-refractivity contribution in [1.82, 2.24) is 15.2 Å². The Bertz CT molecular complexity index is 890. The van der Waals surface area contributed by atoms with E-state index in [9.17, 15) is 4.79 Å². The minimum absolute atomic E-state index is 0.0330. The minimum atomic E-state index is -0.0824. The van der Waals surface area contributed by atoms with Gasteiger partial charge in [-0.1, -0.05) is 19.9 Å². The van der Waals surface area contributed by atoms with Crippen molar-refractivity contribution in [1.29, 1.82) is 0 Å². The number of pyridine rings is 1. The lowest BCUT2D eigenvalue weighted by molar-refractivity contribution is -0.123. The van der Waals surface area contributed by atoms with Crippen LogP contribution in [0.15, 0.2) is 42.7 Å². The van der Waals surface area contributed by atoms with Crippen LogP contribution in [0.5, 0.6) is 11.5 Å². The van der Waals surface area contributed by atoms with Gasteiger partial charge in [0.15, 0.2) is 11.5 Å². The zero-order chi connectivity index (χ0) is 22.3. The molecule has 1 aromatic heterocycles. The third kappa shape index (κ3) is 5.99. The zero-order valence-electron chi connectivity index (χ0n) is 19.0. The smallest absolute Gasteiger partial charge is 0.234 e. The molecule has 0 unspecified atom stereocenters. The standard InChI is InChI=1S/C25H33N3O4/c1-18(2)25(20-4-5-22-23(14-20)31-13-3-12-30-22)27-24(29)16-28-11-8-21(15-28)32-17-19-6-9-26-10-7-19/h4-7,9-10,14,18,21,25H,3,8,11-13,15-17H2,1-2H3,(H,27,29)/t21-,25+/m1/s1. The maximum Gasteiger partial charge on any atom is 0.234 e. The Balaban J connectivity index is 1.30. The van der Waals surface area contributed by atoms with Crippen molar-refractivity contribution in [3.63, 3.8) is 0 Å². The van der Waals surface area contributed by atoms with Crippen LogP contribution in [-0.2, 0) is 16.1 Å². The Morgan fingerprint density at radius 3 is 2.75 bits per heavy atom. The second-order valence-corrected chi connectivity index (χ2v) is 8.86. The highest BCUT2D eigenvalue weighted by molar-refractivity contribution is 5.78. The topological polar surface area (TPSA) is 72.9 Å². The Morgan fingerprint density at radius 2 is 1.97 bits per heavy atom. The predicted octanol–water partition coefficient (Wildman–Crippen LogP) is 3.35. The van der Waals surface area contributed by atoms with Crippen molar-refractivity contribution in [2.75, 3.05) is 32.8 Å². The second-order valence-electron chi connectivity index (χ2n) is 8.86. The van der Waals surface area contributed by atoms with Crippen LogP contribution in [0.25, 0.3) is 0 Å². The van der Waals surface area contributed by atoms with E-state index >= 15 is 0 Å². The SMILES string of the molecule is CC(C)[C@H](NC(=O)CN1CC[C@@H](OCc2ccncc2)C1)c1ccc2c(c1)OCCCO2. The summed E-state index contributed by atoms with van der Waals surface area (Å²) in [4.78, 5) is 19.1. The van der Waals surface area contributed by atoms with E-state index < -0.39 is 0 Å². The monoisotopic (exact) mass is 439 g/mol. The van der Waals surface area contributed by atoms with E-state index in [1.165, 1.54) is 0 Å². The van der Waals surface area contributed by atoms with Gasteiger partial charge in [-0.15, -0.1) is 0 Å². The molecule has 0 bridgehead atoms. The predicted molar refractivity (Wildman–Crippen MR) is 122 cm³/mol. The molecule has 0 aliphatic carbocycles. The number of carbonyl (C=O) groups is 1. The molecule has 1 amide bonds. The number of carbonyl (C=O) groups excluding carboxylic acids is 1. The van der Waals surface area contributed by atoms with Gasteiger partial charge in [0.05, 0.1) is 38.5 Å². The third-order valence-electron chi connectivity index (χ3n) is 5.95. The summed E-state index contributed by atoms with van der Waals surface area (Å²) >= 11 is 0. The molecule has 4 rings (SSSR count). The van der Waals surface area contributed by atoms with Gasteiger partial charge in [0.25, 0.3) is 0 Å². The molecule has 1 N–H and O–H groups in total. The highest BCUT2D eigenvalue weighted by atomic mass is 16.5. The minimum Gasteiger partial charge on any atom is -0.490 e. The molecule has 2 aliphatic rings. The number of fused-ring (bicyclic) bond motifs is 1. The van der Waals surface area contributed by atoms with E-state index in [4.69, 9.17) is 14.2 Å². The van der Waals surface area contributed by atoms with Crippen LogP contribution in [0.4, 0.5) is 0 Å². The van der Waals surface area contributed by atoms with Gasteiger partial charge < -0.3 is 19.5 Å². The molecule has 0 radical (unpaired) electrons. The van der Waals surface area contributed by atoms with Gasteiger partial charge in [0.1, 0.15) is 0 Å². The van der Waals surface area contributed by atoms with Crippen LogP contribution in [-0.4, -0.2) is 54.7 Å². The molecular weight excluding hydrogens is 406 g/mol. The summed E-state index contributed by atoms with van der Waals surface area (Å²) in [7, 11) is 0. The second kappa shape index (κ2) is 10.8.